The third-order valence-electron chi connectivity index (χ3n) is 6.24. The van der Waals surface area contributed by atoms with E-state index in [-0.39, 0.29) is 5.56 Å². The molecule has 0 bridgehead atoms. The van der Waals surface area contributed by atoms with Crippen LogP contribution in [0.3, 0.4) is 0 Å². The summed E-state index contributed by atoms with van der Waals surface area (Å²) in [6, 6.07) is 3.96. The van der Waals surface area contributed by atoms with Gasteiger partial charge < -0.3 is 5.32 Å². The summed E-state index contributed by atoms with van der Waals surface area (Å²) >= 11 is 0. The summed E-state index contributed by atoms with van der Waals surface area (Å²) in [5, 5.41) is 10.8. The number of rotatable bonds is 4. The van der Waals surface area contributed by atoms with Crippen LogP contribution >= 0.6 is 0 Å². The summed E-state index contributed by atoms with van der Waals surface area (Å²) in [4.78, 5) is 21.8. The Morgan fingerprint density at radius 2 is 1.83 bits per heavy atom. The quantitative estimate of drug-likeness (QED) is 0.548. The number of H-pyrrole nitrogens is 1. The van der Waals surface area contributed by atoms with Crippen LogP contribution in [0.1, 0.15) is 46.4 Å². The van der Waals surface area contributed by atoms with Crippen molar-refractivity contribution in [2.24, 2.45) is 7.05 Å². The maximum Gasteiger partial charge on any atom is 0.274 e. The first kappa shape index (κ1) is 17.4. The van der Waals surface area contributed by atoms with Gasteiger partial charge in [-0.2, -0.15) is 14.6 Å². The van der Waals surface area contributed by atoms with Crippen LogP contribution in [-0.2, 0) is 39.2 Å². The van der Waals surface area contributed by atoms with Crippen molar-refractivity contribution in [2.75, 3.05) is 5.32 Å². The van der Waals surface area contributed by atoms with Crippen LogP contribution in [0, 0.1) is 0 Å². The average Bonchev–Trinajstić information content (AvgIpc) is 3.48. The van der Waals surface area contributed by atoms with Crippen molar-refractivity contribution < 1.29 is 0 Å². The molecular formula is C22H23N7O. The Labute approximate surface area is 173 Å². The van der Waals surface area contributed by atoms with Crippen LogP contribution in [0.25, 0.3) is 5.78 Å². The van der Waals surface area contributed by atoms with Gasteiger partial charge in [-0.3, -0.25) is 14.6 Å². The van der Waals surface area contributed by atoms with Crippen molar-refractivity contribution in [3.05, 3.63) is 68.4 Å². The van der Waals surface area contributed by atoms with Crippen molar-refractivity contribution >= 4 is 17.4 Å². The van der Waals surface area contributed by atoms with E-state index in [4.69, 9.17) is 0 Å². The smallest absolute Gasteiger partial charge is 0.274 e. The summed E-state index contributed by atoms with van der Waals surface area (Å²) < 4.78 is 3.15. The van der Waals surface area contributed by atoms with Crippen molar-refractivity contribution in [2.45, 2.75) is 44.9 Å². The van der Waals surface area contributed by atoms with E-state index < -0.39 is 0 Å². The fraction of sp³-hybridized carbons (Fsp3) is 0.364. The Morgan fingerprint density at radius 3 is 2.53 bits per heavy atom. The number of nitrogens with zero attached hydrogens (tertiary/aromatic N) is 5. The summed E-state index contributed by atoms with van der Waals surface area (Å²) in [6.45, 7) is 0. The third kappa shape index (κ3) is 2.82. The van der Waals surface area contributed by atoms with Crippen LogP contribution < -0.4 is 10.9 Å². The van der Waals surface area contributed by atoms with Crippen LogP contribution in [0.5, 0.6) is 0 Å². The molecule has 1 aromatic carbocycles. The minimum atomic E-state index is -0.164. The summed E-state index contributed by atoms with van der Waals surface area (Å²) in [7, 11) is 1.87. The van der Waals surface area contributed by atoms with Gasteiger partial charge in [0.2, 0.25) is 5.95 Å². The van der Waals surface area contributed by atoms with Gasteiger partial charge in [0.05, 0.1) is 11.9 Å². The normalized spacial score (nSPS) is 15.0. The first-order valence-corrected chi connectivity index (χ1v) is 10.5. The Bertz CT molecular complexity index is 1310. The highest BCUT2D eigenvalue weighted by Gasteiger charge is 2.24. The molecule has 4 aromatic rings. The highest BCUT2D eigenvalue weighted by Crippen LogP contribution is 2.39. The molecule has 0 saturated carbocycles. The Morgan fingerprint density at radius 1 is 1.07 bits per heavy atom. The second-order valence-electron chi connectivity index (χ2n) is 8.35. The van der Waals surface area contributed by atoms with Crippen molar-refractivity contribution in [1.82, 2.24) is 29.4 Å². The number of hydrogen-bond donors (Lipinski definition) is 2. The topological polar surface area (TPSA) is 92.9 Å². The van der Waals surface area contributed by atoms with E-state index >= 15 is 0 Å². The molecule has 8 nitrogen and oxygen atoms in total. The van der Waals surface area contributed by atoms with Crippen molar-refractivity contribution in [3.63, 3.8) is 0 Å². The molecule has 2 aliphatic rings. The first-order chi connectivity index (χ1) is 14.6. The van der Waals surface area contributed by atoms with Gasteiger partial charge in [0.1, 0.15) is 0 Å². The lowest BCUT2D eigenvalue weighted by Crippen LogP contribution is -2.16. The Kier molecular flexibility index (Phi) is 3.81. The molecule has 3 aromatic heterocycles. The molecule has 0 spiro atoms. The van der Waals surface area contributed by atoms with E-state index in [0.29, 0.717) is 23.8 Å². The molecule has 8 heteroatoms. The predicted molar refractivity (Wildman–Crippen MR) is 113 cm³/mol. The van der Waals surface area contributed by atoms with Crippen LogP contribution in [0.4, 0.5) is 11.6 Å². The number of fused-ring (bicyclic) bond motifs is 3. The average molecular weight is 401 g/mol. The molecule has 6 rings (SSSR count). The summed E-state index contributed by atoms with van der Waals surface area (Å²) in [6.07, 6.45) is 11.2. The number of hydrogen-bond acceptors (Lipinski definition) is 5. The zero-order chi connectivity index (χ0) is 20.2. The highest BCUT2D eigenvalue weighted by atomic mass is 16.1. The molecule has 2 aliphatic carbocycles. The maximum atomic E-state index is 12.6. The lowest BCUT2D eigenvalue weighted by atomic mass is 9.99. The molecule has 0 radical (unpaired) electrons. The standard InChI is InChI=1S/C22H23N7O/c1-28-12-13(11-23-28)8-16-10-19(30)29-22(24-16)26-21(27-29)25-20-17-6-2-4-14(17)9-15-5-3-7-18(15)20/h9-12H,2-8H2,1H3,(H2,24,25,26,27). The predicted octanol–water partition coefficient (Wildman–Crippen LogP) is 2.46. The highest BCUT2D eigenvalue weighted by molar-refractivity contribution is 5.70. The molecule has 3 heterocycles. The number of aromatic amines is 1. The van der Waals surface area contributed by atoms with Gasteiger partial charge in [-0.1, -0.05) is 6.07 Å². The molecule has 0 saturated heterocycles. The van der Waals surface area contributed by atoms with E-state index in [1.165, 1.54) is 45.3 Å². The fourth-order valence-corrected chi connectivity index (χ4v) is 4.93. The van der Waals surface area contributed by atoms with E-state index in [2.05, 4.69) is 31.5 Å². The monoisotopic (exact) mass is 401 g/mol. The van der Waals surface area contributed by atoms with Crippen LogP contribution in [0.2, 0.25) is 0 Å². The van der Waals surface area contributed by atoms with Gasteiger partial charge in [-0.25, -0.2) is 4.98 Å². The second-order valence-corrected chi connectivity index (χ2v) is 8.35. The molecule has 0 fully saturated rings. The van der Waals surface area contributed by atoms with Gasteiger partial charge in [-0.05, 0) is 66.3 Å². The molecule has 0 atom stereocenters. The lowest BCUT2D eigenvalue weighted by molar-refractivity contribution is 0.767. The lowest BCUT2D eigenvalue weighted by Gasteiger charge is -2.15. The summed E-state index contributed by atoms with van der Waals surface area (Å²) in [5.74, 6) is 0.945. The molecule has 0 amide bonds. The number of aromatic nitrogens is 6. The molecule has 30 heavy (non-hydrogen) atoms. The zero-order valence-corrected chi connectivity index (χ0v) is 16.9. The largest absolute Gasteiger partial charge is 0.324 e. The van der Waals surface area contributed by atoms with E-state index in [1.54, 1.807) is 16.9 Å². The van der Waals surface area contributed by atoms with Crippen molar-refractivity contribution in [1.29, 1.82) is 0 Å². The Balaban J connectivity index is 1.38. The summed E-state index contributed by atoms with van der Waals surface area (Å²) in [5.41, 5.74) is 8.47. The van der Waals surface area contributed by atoms with Gasteiger partial charge in [0.25, 0.3) is 11.3 Å². The minimum absolute atomic E-state index is 0.164. The fourth-order valence-electron chi connectivity index (χ4n) is 4.93. The molecule has 152 valence electrons. The van der Waals surface area contributed by atoms with Gasteiger partial charge in [0.15, 0.2) is 0 Å². The van der Waals surface area contributed by atoms with E-state index in [9.17, 15) is 4.79 Å². The molecule has 2 N–H and O–H groups in total. The third-order valence-corrected chi connectivity index (χ3v) is 6.24. The van der Waals surface area contributed by atoms with E-state index in [1.807, 2.05) is 13.2 Å². The minimum Gasteiger partial charge on any atom is -0.324 e. The molecule has 0 unspecified atom stereocenters. The Hall–Kier alpha value is -3.42. The number of anilines is 2. The van der Waals surface area contributed by atoms with Crippen LogP contribution in [-0.4, -0.2) is 29.4 Å². The SMILES string of the molecule is Cn1cc(Cc2cc(=O)n3[nH]c(Nc4c5c(cc6c4CCC6)CCC5)nc3n2)cn1. The van der Waals surface area contributed by atoms with E-state index in [0.717, 1.165) is 31.2 Å². The van der Waals surface area contributed by atoms with Gasteiger partial charge in [-0.15, -0.1) is 0 Å². The van der Waals surface area contributed by atoms with Gasteiger partial charge in [0, 0.05) is 31.4 Å². The zero-order valence-electron chi connectivity index (χ0n) is 16.9. The van der Waals surface area contributed by atoms with Gasteiger partial charge >= 0.3 is 0 Å². The first-order valence-electron chi connectivity index (χ1n) is 10.5. The molecule has 0 aliphatic heterocycles. The maximum absolute atomic E-state index is 12.6. The number of aryl methyl sites for hydroxylation is 3. The number of nitrogens with one attached hydrogen (secondary N) is 2. The second kappa shape index (κ2) is 6.55. The van der Waals surface area contributed by atoms with Crippen LogP contribution in [0.15, 0.2) is 29.3 Å². The van der Waals surface area contributed by atoms with Crippen molar-refractivity contribution in [3.8, 4) is 0 Å². The molecular weight excluding hydrogens is 378 g/mol. The number of benzene rings is 1.